The molecular formula is C27H30N2O2. The van der Waals surface area contributed by atoms with Crippen molar-refractivity contribution in [3.8, 4) is 11.1 Å². The number of nitrogens with two attached hydrogens (primary N) is 1. The molecule has 2 aromatic carbocycles. The van der Waals surface area contributed by atoms with Crippen molar-refractivity contribution in [3.63, 3.8) is 0 Å². The van der Waals surface area contributed by atoms with E-state index in [0.717, 1.165) is 48.8 Å². The first-order valence-electron chi connectivity index (χ1n) is 11.0. The largest absolute Gasteiger partial charge is 0.398 e. The second kappa shape index (κ2) is 11.8. The quantitative estimate of drug-likeness (QED) is 0.222. The SMILES string of the molecule is Nc1ccc(-c2ccccc2)cc1CC(=O)CCCCCCCC(=O)c1cccnc1. The lowest BCUT2D eigenvalue weighted by Crippen LogP contribution is -2.05. The number of nitrogen functional groups attached to an aromatic ring is 1. The molecule has 31 heavy (non-hydrogen) atoms. The van der Waals surface area contributed by atoms with Crippen LogP contribution in [-0.2, 0) is 11.2 Å². The Hall–Kier alpha value is -3.27. The van der Waals surface area contributed by atoms with Gasteiger partial charge in [-0.15, -0.1) is 0 Å². The van der Waals surface area contributed by atoms with Gasteiger partial charge in [0, 0.05) is 42.9 Å². The van der Waals surface area contributed by atoms with Gasteiger partial charge in [0.15, 0.2) is 5.78 Å². The molecule has 0 saturated heterocycles. The van der Waals surface area contributed by atoms with E-state index in [-0.39, 0.29) is 11.6 Å². The Balaban J connectivity index is 1.35. The van der Waals surface area contributed by atoms with E-state index in [1.165, 1.54) is 0 Å². The molecule has 0 aliphatic carbocycles. The Morgan fingerprint density at radius 3 is 2.26 bits per heavy atom. The molecule has 2 N–H and O–H groups in total. The molecule has 3 aromatic rings. The molecule has 0 fully saturated rings. The van der Waals surface area contributed by atoms with Crippen molar-refractivity contribution < 1.29 is 9.59 Å². The molecule has 0 aliphatic rings. The smallest absolute Gasteiger partial charge is 0.164 e. The fraction of sp³-hybridized carbons (Fsp3) is 0.296. The molecule has 0 spiro atoms. The molecule has 4 nitrogen and oxygen atoms in total. The van der Waals surface area contributed by atoms with E-state index in [1.54, 1.807) is 18.5 Å². The normalized spacial score (nSPS) is 10.7. The van der Waals surface area contributed by atoms with Gasteiger partial charge in [0.05, 0.1) is 0 Å². The molecule has 0 amide bonds. The second-order valence-corrected chi connectivity index (χ2v) is 7.93. The van der Waals surface area contributed by atoms with E-state index in [4.69, 9.17) is 5.73 Å². The predicted molar refractivity (Wildman–Crippen MR) is 126 cm³/mol. The van der Waals surface area contributed by atoms with Gasteiger partial charge in [0.2, 0.25) is 0 Å². The summed E-state index contributed by atoms with van der Waals surface area (Å²) in [6, 6.07) is 19.6. The standard InChI is InChI=1S/C27H30N2O2/c28-26-16-15-22(21-10-5-4-6-11-21)18-24(26)19-25(30)13-7-2-1-3-8-14-27(31)23-12-9-17-29-20-23/h4-6,9-12,15-18,20H,1-3,7-8,13-14,19,28H2. The van der Waals surface area contributed by atoms with Crippen LogP contribution in [0, 0.1) is 0 Å². The molecule has 0 saturated carbocycles. The first kappa shape index (κ1) is 22.4. The maximum Gasteiger partial charge on any atom is 0.164 e. The number of hydrogen-bond donors (Lipinski definition) is 1. The predicted octanol–water partition coefficient (Wildman–Crippen LogP) is 6.06. The molecule has 4 heteroatoms. The summed E-state index contributed by atoms with van der Waals surface area (Å²) in [5, 5.41) is 0. The molecule has 3 rings (SSSR count). The first-order chi connectivity index (χ1) is 15.1. The summed E-state index contributed by atoms with van der Waals surface area (Å²) in [4.78, 5) is 28.5. The minimum atomic E-state index is 0.151. The lowest BCUT2D eigenvalue weighted by molar-refractivity contribution is -0.118. The van der Waals surface area contributed by atoms with Gasteiger partial charge in [-0.2, -0.15) is 0 Å². The number of Topliss-reactive ketones (excluding diaryl/α,β-unsaturated/α-hetero) is 2. The Labute approximate surface area is 184 Å². The van der Waals surface area contributed by atoms with Crippen molar-refractivity contribution in [3.05, 3.63) is 84.2 Å². The number of anilines is 1. The van der Waals surface area contributed by atoms with Crippen molar-refractivity contribution >= 4 is 17.3 Å². The maximum atomic E-state index is 12.4. The van der Waals surface area contributed by atoms with Crippen LogP contribution in [0.25, 0.3) is 11.1 Å². The average Bonchev–Trinajstić information content (AvgIpc) is 2.81. The third-order valence-corrected chi connectivity index (χ3v) is 5.48. The van der Waals surface area contributed by atoms with Crippen molar-refractivity contribution in [2.75, 3.05) is 5.73 Å². The van der Waals surface area contributed by atoms with Gasteiger partial charge in [0.1, 0.15) is 5.78 Å². The minimum Gasteiger partial charge on any atom is -0.398 e. The number of carbonyl (C=O) groups is 2. The summed E-state index contributed by atoms with van der Waals surface area (Å²) in [6.45, 7) is 0. The summed E-state index contributed by atoms with van der Waals surface area (Å²) < 4.78 is 0. The van der Waals surface area contributed by atoms with Crippen LogP contribution in [-0.4, -0.2) is 16.6 Å². The van der Waals surface area contributed by atoms with Gasteiger partial charge < -0.3 is 5.73 Å². The molecule has 1 aromatic heterocycles. The highest BCUT2D eigenvalue weighted by Gasteiger charge is 2.09. The summed E-state index contributed by atoms with van der Waals surface area (Å²) in [5.74, 6) is 0.377. The monoisotopic (exact) mass is 414 g/mol. The van der Waals surface area contributed by atoms with E-state index in [0.29, 0.717) is 30.5 Å². The van der Waals surface area contributed by atoms with Gasteiger partial charge in [-0.25, -0.2) is 0 Å². The molecule has 0 aliphatic heterocycles. The highest BCUT2D eigenvalue weighted by atomic mass is 16.1. The summed E-state index contributed by atoms with van der Waals surface area (Å²) in [5.41, 5.74) is 10.6. The summed E-state index contributed by atoms with van der Waals surface area (Å²) >= 11 is 0. The first-order valence-corrected chi connectivity index (χ1v) is 11.0. The Kier molecular flexibility index (Phi) is 8.53. The van der Waals surface area contributed by atoms with E-state index in [2.05, 4.69) is 17.1 Å². The van der Waals surface area contributed by atoms with Gasteiger partial charge >= 0.3 is 0 Å². The zero-order chi connectivity index (χ0) is 21.9. The molecule has 0 unspecified atom stereocenters. The molecule has 1 heterocycles. The molecule has 160 valence electrons. The van der Waals surface area contributed by atoms with Crippen LogP contribution >= 0.6 is 0 Å². The molecule has 0 bridgehead atoms. The number of pyridine rings is 1. The zero-order valence-corrected chi connectivity index (χ0v) is 17.9. The van der Waals surface area contributed by atoms with Crippen molar-refractivity contribution in [2.45, 2.75) is 51.4 Å². The number of unbranched alkanes of at least 4 members (excludes halogenated alkanes) is 4. The minimum absolute atomic E-state index is 0.151. The Morgan fingerprint density at radius 1 is 0.774 bits per heavy atom. The average molecular weight is 415 g/mol. The van der Waals surface area contributed by atoms with Crippen LogP contribution in [0.15, 0.2) is 73.1 Å². The lowest BCUT2D eigenvalue weighted by Gasteiger charge is -2.09. The molecular weight excluding hydrogens is 384 g/mol. The number of ketones is 2. The second-order valence-electron chi connectivity index (χ2n) is 7.93. The van der Waals surface area contributed by atoms with Crippen molar-refractivity contribution in [2.24, 2.45) is 0 Å². The topological polar surface area (TPSA) is 73.1 Å². The third kappa shape index (κ3) is 7.18. The summed E-state index contributed by atoms with van der Waals surface area (Å²) in [7, 11) is 0. The summed E-state index contributed by atoms with van der Waals surface area (Å²) in [6.07, 6.45) is 9.62. The van der Waals surface area contributed by atoms with Gasteiger partial charge in [-0.1, -0.05) is 55.7 Å². The van der Waals surface area contributed by atoms with Crippen molar-refractivity contribution in [1.82, 2.24) is 4.98 Å². The Bertz CT molecular complexity index is 985. The fourth-order valence-electron chi connectivity index (χ4n) is 3.68. The number of carbonyl (C=O) groups excluding carboxylic acids is 2. The van der Waals surface area contributed by atoms with E-state index >= 15 is 0 Å². The van der Waals surface area contributed by atoms with E-state index in [1.807, 2.05) is 42.5 Å². The van der Waals surface area contributed by atoms with Crippen LogP contribution in [0.4, 0.5) is 5.69 Å². The molecule has 0 radical (unpaired) electrons. The highest BCUT2D eigenvalue weighted by molar-refractivity contribution is 5.95. The maximum absolute atomic E-state index is 12.4. The van der Waals surface area contributed by atoms with Crippen LogP contribution in [0.5, 0.6) is 0 Å². The van der Waals surface area contributed by atoms with E-state index in [9.17, 15) is 9.59 Å². The fourth-order valence-corrected chi connectivity index (χ4v) is 3.68. The van der Waals surface area contributed by atoms with Crippen LogP contribution in [0.3, 0.4) is 0 Å². The lowest BCUT2D eigenvalue weighted by atomic mass is 9.97. The Morgan fingerprint density at radius 2 is 1.52 bits per heavy atom. The van der Waals surface area contributed by atoms with Crippen LogP contribution in [0.1, 0.15) is 60.9 Å². The number of hydrogen-bond acceptors (Lipinski definition) is 4. The van der Waals surface area contributed by atoms with Crippen LogP contribution in [0.2, 0.25) is 0 Å². The molecule has 0 atom stereocenters. The van der Waals surface area contributed by atoms with Crippen molar-refractivity contribution in [1.29, 1.82) is 0 Å². The van der Waals surface area contributed by atoms with Gasteiger partial charge in [-0.05, 0) is 53.8 Å². The number of rotatable bonds is 12. The number of aromatic nitrogens is 1. The number of nitrogens with zero attached hydrogens (tertiary/aromatic N) is 1. The van der Waals surface area contributed by atoms with E-state index < -0.39 is 0 Å². The zero-order valence-electron chi connectivity index (χ0n) is 17.9. The van der Waals surface area contributed by atoms with Crippen LogP contribution < -0.4 is 5.73 Å². The highest BCUT2D eigenvalue weighted by Crippen LogP contribution is 2.24. The van der Waals surface area contributed by atoms with Gasteiger partial charge in [-0.3, -0.25) is 14.6 Å². The number of benzene rings is 2. The van der Waals surface area contributed by atoms with Gasteiger partial charge in [0.25, 0.3) is 0 Å². The third-order valence-electron chi connectivity index (χ3n) is 5.48.